The number of thiol groups is 1. The predicted octanol–water partition coefficient (Wildman–Crippen LogP) is 0.905. The Kier molecular flexibility index (Phi) is 1.90. The van der Waals surface area contributed by atoms with Crippen LogP contribution in [0.3, 0.4) is 0 Å². The van der Waals surface area contributed by atoms with Gasteiger partial charge in [-0.25, -0.2) is 0 Å². The molecular formula is C8H16N2S. The van der Waals surface area contributed by atoms with Crippen LogP contribution in [0.15, 0.2) is 0 Å². The van der Waals surface area contributed by atoms with Crippen LogP contribution < -0.4 is 5.32 Å². The summed E-state index contributed by atoms with van der Waals surface area (Å²) in [6, 6.07) is 0.810. The highest BCUT2D eigenvalue weighted by Crippen LogP contribution is 2.53. The van der Waals surface area contributed by atoms with Crippen molar-refractivity contribution in [2.45, 2.75) is 25.3 Å². The topological polar surface area (TPSA) is 15.3 Å². The SMILES string of the molecule is CNC1CC12CCN(S)CC2. The molecule has 1 heterocycles. The first-order chi connectivity index (χ1) is 5.27. The molecule has 1 aliphatic carbocycles. The molecule has 2 rings (SSSR count). The molecule has 1 aliphatic heterocycles. The third kappa shape index (κ3) is 1.30. The standard InChI is InChI=1S/C8H16N2S/c1-9-7-6-8(7)2-4-10(11)5-3-8/h7,9,11H,2-6H2,1H3. The molecule has 2 fully saturated rings. The number of hydrogen-bond acceptors (Lipinski definition) is 3. The molecule has 0 aromatic rings. The molecule has 64 valence electrons. The second kappa shape index (κ2) is 2.64. The van der Waals surface area contributed by atoms with Crippen molar-refractivity contribution in [1.29, 1.82) is 0 Å². The first-order valence-corrected chi connectivity index (χ1v) is 4.78. The van der Waals surface area contributed by atoms with E-state index in [0.29, 0.717) is 5.41 Å². The van der Waals surface area contributed by atoms with E-state index in [0.717, 1.165) is 6.04 Å². The molecule has 1 saturated heterocycles. The summed E-state index contributed by atoms with van der Waals surface area (Å²) in [5.74, 6) is 0. The largest absolute Gasteiger partial charge is 0.316 e. The van der Waals surface area contributed by atoms with E-state index in [-0.39, 0.29) is 0 Å². The first kappa shape index (κ1) is 7.90. The lowest BCUT2D eigenvalue weighted by atomic mass is 9.94. The van der Waals surface area contributed by atoms with Gasteiger partial charge in [0.15, 0.2) is 0 Å². The summed E-state index contributed by atoms with van der Waals surface area (Å²) in [5.41, 5.74) is 0.675. The summed E-state index contributed by atoms with van der Waals surface area (Å²) in [6.07, 6.45) is 4.06. The molecule has 1 spiro atoms. The van der Waals surface area contributed by atoms with Crippen molar-refractivity contribution in [2.24, 2.45) is 5.41 Å². The summed E-state index contributed by atoms with van der Waals surface area (Å²) in [6.45, 7) is 2.34. The molecule has 1 atom stereocenters. The zero-order chi connectivity index (χ0) is 7.90. The molecule has 0 aromatic heterocycles. The quantitative estimate of drug-likeness (QED) is 0.571. The molecule has 0 radical (unpaired) electrons. The molecule has 0 amide bonds. The van der Waals surface area contributed by atoms with Gasteiger partial charge < -0.3 is 5.32 Å². The zero-order valence-corrected chi connectivity index (χ0v) is 7.90. The highest BCUT2D eigenvalue weighted by atomic mass is 32.1. The molecular weight excluding hydrogens is 156 g/mol. The Morgan fingerprint density at radius 1 is 1.45 bits per heavy atom. The minimum Gasteiger partial charge on any atom is -0.316 e. The third-order valence-corrected chi connectivity index (χ3v) is 3.67. The lowest BCUT2D eigenvalue weighted by Crippen LogP contribution is -2.31. The Labute approximate surface area is 73.9 Å². The molecule has 2 aliphatic rings. The van der Waals surface area contributed by atoms with E-state index >= 15 is 0 Å². The Morgan fingerprint density at radius 3 is 2.55 bits per heavy atom. The van der Waals surface area contributed by atoms with Crippen LogP contribution in [0, 0.1) is 5.41 Å². The van der Waals surface area contributed by atoms with Crippen LogP contribution in [0.5, 0.6) is 0 Å². The fourth-order valence-corrected chi connectivity index (χ4v) is 2.45. The minimum atomic E-state index is 0.675. The molecule has 1 N–H and O–H groups in total. The summed E-state index contributed by atoms with van der Waals surface area (Å²) in [5, 5.41) is 3.37. The van der Waals surface area contributed by atoms with E-state index in [4.69, 9.17) is 0 Å². The highest BCUT2D eigenvalue weighted by molar-refractivity contribution is 7.77. The second-order valence-electron chi connectivity index (χ2n) is 3.86. The van der Waals surface area contributed by atoms with Crippen molar-refractivity contribution in [1.82, 2.24) is 9.62 Å². The van der Waals surface area contributed by atoms with Crippen LogP contribution in [-0.2, 0) is 0 Å². The van der Waals surface area contributed by atoms with Crippen LogP contribution >= 0.6 is 12.8 Å². The van der Waals surface area contributed by atoms with Crippen molar-refractivity contribution in [3.05, 3.63) is 0 Å². The molecule has 11 heavy (non-hydrogen) atoms. The van der Waals surface area contributed by atoms with Gasteiger partial charge in [-0.05, 0) is 31.7 Å². The lowest BCUT2D eigenvalue weighted by molar-refractivity contribution is 0.263. The van der Waals surface area contributed by atoms with E-state index in [2.05, 4.69) is 29.5 Å². The number of rotatable bonds is 1. The Morgan fingerprint density at radius 2 is 2.09 bits per heavy atom. The van der Waals surface area contributed by atoms with Gasteiger partial charge in [0.1, 0.15) is 0 Å². The fraction of sp³-hybridized carbons (Fsp3) is 1.00. The van der Waals surface area contributed by atoms with Gasteiger partial charge in [-0.3, -0.25) is 4.31 Å². The number of hydrogen-bond donors (Lipinski definition) is 2. The monoisotopic (exact) mass is 172 g/mol. The van der Waals surface area contributed by atoms with Crippen LogP contribution in [0.4, 0.5) is 0 Å². The number of piperidine rings is 1. The van der Waals surface area contributed by atoms with E-state index in [9.17, 15) is 0 Å². The Hall–Kier alpha value is 0.270. The van der Waals surface area contributed by atoms with Gasteiger partial charge in [0.05, 0.1) is 0 Å². The number of nitrogens with one attached hydrogen (secondary N) is 1. The van der Waals surface area contributed by atoms with E-state index in [1.807, 2.05) is 0 Å². The Bertz CT molecular complexity index is 152. The average Bonchev–Trinajstić information content (AvgIpc) is 2.71. The smallest absolute Gasteiger partial charge is 0.0128 e. The predicted molar refractivity (Wildman–Crippen MR) is 49.7 cm³/mol. The normalized spacial score (nSPS) is 36.0. The summed E-state index contributed by atoms with van der Waals surface area (Å²) >= 11 is 4.34. The van der Waals surface area contributed by atoms with E-state index in [1.165, 1.54) is 32.4 Å². The third-order valence-electron chi connectivity index (χ3n) is 3.27. The molecule has 0 aromatic carbocycles. The second-order valence-corrected chi connectivity index (χ2v) is 4.43. The Balaban J connectivity index is 1.89. The van der Waals surface area contributed by atoms with Gasteiger partial charge in [0, 0.05) is 19.1 Å². The fourth-order valence-electron chi connectivity index (χ4n) is 2.25. The summed E-state index contributed by atoms with van der Waals surface area (Å²) in [4.78, 5) is 0. The van der Waals surface area contributed by atoms with Crippen LogP contribution in [0.2, 0.25) is 0 Å². The van der Waals surface area contributed by atoms with Gasteiger partial charge in [-0.15, -0.1) is 0 Å². The summed E-state index contributed by atoms with van der Waals surface area (Å²) in [7, 11) is 2.08. The lowest BCUT2D eigenvalue weighted by Gasteiger charge is -2.28. The van der Waals surface area contributed by atoms with Crippen LogP contribution in [0.1, 0.15) is 19.3 Å². The van der Waals surface area contributed by atoms with Crippen molar-refractivity contribution < 1.29 is 0 Å². The molecule has 3 heteroatoms. The molecule has 1 unspecified atom stereocenters. The van der Waals surface area contributed by atoms with E-state index < -0.39 is 0 Å². The molecule has 1 saturated carbocycles. The maximum Gasteiger partial charge on any atom is 0.0128 e. The number of nitrogens with zero attached hydrogens (tertiary/aromatic N) is 1. The van der Waals surface area contributed by atoms with Gasteiger partial charge >= 0.3 is 0 Å². The van der Waals surface area contributed by atoms with E-state index in [1.54, 1.807) is 0 Å². The maximum atomic E-state index is 4.34. The van der Waals surface area contributed by atoms with Crippen molar-refractivity contribution in [2.75, 3.05) is 20.1 Å². The minimum absolute atomic E-state index is 0.675. The van der Waals surface area contributed by atoms with Gasteiger partial charge in [0.25, 0.3) is 0 Å². The first-order valence-electron chi connectivity index (χ1n) is 4.38. The molecule has 2 nitrogen and oxygen atoms in total. The highest BCUT2D eigenvalue weighted by Gasteiger charge is 2.53. The van der Waals surface area contributed by atoms with Crippen molar-refractivity contribution >= 4 is 12.8 Å². The van der Waals surface area contributed by atoms with Gasteiger partial charge in [-0.1, -0.05) is 12.8 Å². The molecule has 0 bridgehead atoms. The summed E-state index contributed by atoms with van der Waals surface area (Å²) < 4.78 is 2.14. The van der Waals surface area contributed by atoms with Crippen molar-refractivity contribution in [3.63, 3.8) is 0 Å². The van der Waals surface area contributed by atoms with Gasteiger partial charge in [0.2, 0.25) is 0 Å². The van der Waals surface area contributed by atoms with Crippen molar-refractivity contribution in [3.8, 4) is 0 Å². The average molecular weight is 172 g/mol. The zero-order valence-electron chi connectivity index (χ0n) is 7.01. The van der Waals surface area contributed by atoms with Crippen LogP contribution in [-0.4, -0.2) is 30.5 Å². The van der Waals surface area contributed by atoms with Gasteiger partial charge in [-0.2, -0.15) is 0 Å². The maximum absolute atomic E-state index is 4.34. The van der Waals surface area contributed by atoms with Crippen LogP contribution in [0.25, 0.3) is 0 Å².